The number of hydrogen-bond donors (Lipinski definition) is 4. The summed E-state index contributed by atoms with van der Waals surface area (Å²) in [6.45, 7) is 15.5. The monoisotopic (exact) mass is 526 g/mol. The summed E-state index contributed by atoms with van der Waals surface area (Å²) in [5.74, 6) is -3.13. The first-order chi connectivity index (χ1) is 16.9. The minimum atomic E-state index is -1.99. The van der Waals surface area contributed by atoms with Crippen molar-refractivity contribution in [2.24, 2.45) is 5.92 Å². The molecule has 0 saturated heterocycles. The van der Waals surface area contributed by atoms with Gasteiger partial charge in [-0.15, -0.1) is 0 Å². The van der Waals surface area contributed by atoms with Crippen LogP contribution in [0.2, 0.25) is 0 Å². The molecule has 0 aromatic heterocycles. The van der Waals surface area contributed by atoms with Crippen LogP contribution in [0, 0.1) is 5.92 Å². The van der Waals surface area contributed by atoms with Gasteiger partial charge in [-0.3, -0.25) is 4.79 Å². The number of allylic oxidation sites excluding steroid dienone is 2. The standard InChI is InChI=1S/C27H42O10/c1-10-14(3)24(31)36-21(26(7,8)33)13-19(29)16(5)18-12-20(30)27(9,34)23(22(18)35-17(6)28)37-25(32)15(4)11-2/h10-11,18-23,29-30,33-34H,5,12-13H2,1-4,6-9H3/b14-10-,15-11-/t18-,19?,20-,21?,22+,23+,27-/m0/s1. The maximum atomic E-state index is 12.5. The zero-order valence-electron chi connectivity index (χ0n) is 23.0. The van der Waals surface area contributed by atoms with Crippen LogP contribution in [0.25, 0.3) is 0 Å². The number of hydrogen-bond acceptors (Lipinski definition) is 10. The Labute approximate surface area is 218 Å². The fraction of sp³-hybridized carbons (Fsp3) is 0.667. The lowest BCUT2D eigenvalue weighted by atomic mass is 9.69. The van der Waals surface area contributed by atoms with Gasteiger partial charge < -0.3 is 34.6 Å². The maximum absolute atomic E-state index is 12.5. The summed E-state index contributed by atoms with van der Waals surface area (Å²) in [6, 6.07) is 0. The summed E-state index contributed by atoms with van der Waals surface area (Å²) < 4.78 is 16.4. The number of aliphatic hydroxyl groups is 4. The Morgan fingerprint density at radius 2 is 1.59 bits per heavy atom. The van der Waals surface area contributed by atoms with Crippen LogP contribution in [0.1, 0.15) is 68.2 Å². The summed E-state index contributed by atoms with van der Waals surface area (Å²) >= 11 is 0. The van der Waals surface area contributed by atoms with Crippen LogP contribution < -0.4 is 0 Å². The quantitative estimate of drug-likeness (QED) is 0.143. The van der Waals surface area contributed by atoms with E-state index < -0.39 is 65.5 Å². The van der Waals surface area contributed by atoms with Gasteiger partial charge in [-0.2, -0.15) is 0 Å². The summed E-state index contributed by atoms with van der Waals surface area (Å²) in [6.07, 6.45) is -4.13. The fourth-order valence-corrected chi connectivity index (χ4v) is 3.98. The van der Waals surface area contributed by atoms with Crippen LogP contribution in [0.4, 0.5) is 0 Å². The highest BCUT2D eigenvalue weighted by Gasteiger charge is 2.56. The zero-order valence-corrected chi connectivity index (χ0v) is 23.0. The number of rotatable bonds is 10. The van der Waals surface area contributed by atoms with Gasteiger partial charge in [0.25, 0.3) is 0 Å². The third-order valence-corrected chi connectivity index (χ3v) is 6.85. The molecule has 0 aromatic carbocycles. The molecule has 1 aliphatic rings. The first-order valence-corrected chi connectivity index (χ1v) is 12.2. The molecule has 0 radical (unpaired) electrons. The van der Waals surface area contributed by atoms with Crippen molar-refractivity contribution in [2.75, 3.05) is 0 Å². The van der Waals surface area contributed by atoms with E-state index in [0.29, 0.717) is 5.57 Å². The lowest BCUT2D eigenvalue weighted by molar-refractivity contribution is -0.229. The van der Waals surface area contributed by atoms with E-state index in [4.69, 9.17) is 14.2 Å². The molecule has 210 valence electrons. The Hall–Kier alpha value is -2.53. The molecule has 10 nitrogen and oxygen atoms in total. The molecule has 2 unspecified atom stereocenters. The molecule has 7 atom stereocenters. The van der Waals surface area contributed by atoms with Crippen molar-refractivity contribution in [2.45, 2.75) is 110 Å². The number of aliphatic hydroxyl groups excluding tert-OH is 2. The molecule has 10 heteroatoms. The van der Waals surface area contributed by atoms with Crippen molar-refractivity contribution in [3.8, 4) is 0 Å². The summed E-state index contributed by atoms with van der Waals surface area (Å²) in [7, 11) is 0. The smallest absolute Gasteiger partial charge is 0.333 e. The van der Waals surface area contributed by atoms with Gasteiger partial charge in [0.05, 0.1) is 17.8 Å². The van der Waals surface area contributed by atoms with E-state index in [1.165, 1.54) is 33.8 Å². The predicted octanol–water partition coefficient (Wildman–Crippen LogP) is 1.88. The van der Waals surface area contributed by atoms with E-state index in [1.54, 1.807) is 26.8 Å². The molecular formula is C27H42O10. The van der Waals surface area contributed by atoms with Gasteiger partial charge in [0, 0.05) is 30.4 Å². The van der Waals surface area contributed by atoms with Crippen LogP contribution in [0.5, 0.6) is 0 Å². The molecule has 1 fully saturated rings. The minimum Gasteiger partial charge on any atom is -0.458 e. The normalized spacial score (nSPS) is 28.6. The van der Waals surface area contributed by atoms with Gasteiger partial charge in [0.2, 0.25) is 0 Å². The van der Waals surface area contributed by atoms with Gasteiger partial charge >= 0.3 is 17.9 Å². The van der Waals surface area contributed by atoms with Crippen molar-refractivity contribution >= 4 is 17.9 Å². The summed E-state index contributed by atoms with van der Waals surface area (Å²) in [5.41, 5.74) is -2.88. The summed E-state index contributed by atoms with van der Waals surface area (Å²) in [5, 5.41) is 43.4. The average molecular weight is 527 g/mol. The third-order valence-electron chi connectivity index (χ3n) is 6.85. The van der Waals surface area contributed by atoms with Gasteiger partial charge in [-0.05, 0) is 60.5 Å². The van der Waals surface area contributed by atoms with Crippen LogP contribution in [-0.2, 0) is 28.6 Å². The Morgan fingerprint density at radius 1 is 1.08 bits per heavy atom. The SMILES string of the molecule is C=C(C(O)CC(OC(=O)/C(C)=C\C)C(C)(C)O)[C@@H]1C[C@H](O)[C@](C)(O)[C@H](OC(=O)/C(C)=C\C)[C@@H]1OC(C)=O. The molecule has 1 aliphatic carbocycles. The van der Waals surface area contributed by atoms with Crippen molar-refractivity contribution < 1.29 is 49.0 Å². The van der Waals surface area contributed by atoms with Crippen LogP contribution in [0.15, 0.2) is 35.5 Å². The Morgan fingerprint density at radius 3 is 2.05 bits per heavy atom. The largest absolute Gasteiger partial charge is 0.458 e. The van der Waals surface area contributed by atoms with Gasteiger partial charge in [0.15, 0.2) is 6.10 Å². The second-order valence-corrected chi connectivity index (χ2v) is 10.3. The Balaban J connectivity index is 3.35. The number of carbonyl (C=O) groups excluding carboxylic acids is 3. The summed E-state index contributed by atoms with van der Waals surface area (Å²) in [4.78, 5) is 36.8. The molecule has 0 aliphatic heterocycles. The van der Waals surface area contributed by atoms with E-state index in [2.05, 4.69) is 6.58 Å². The molecule has 37 heavy (non-hydrogen) atoms. The van der Waals surface area contributed by atoms with E-state index in [0.717, 1.165) is 6.92 Å². The molecule has 1 saturated carbocycles. The van der Waals surface area contributed by atoms with E-state index in [9.17, 15) is 34.8 Å². The van der Waals surface area contributed by atoms with Crippen molar-refractivity contribution in [3.63, 3.8) is 0 Å². The molecule has 1 rings (SSSR count). The minimum absolute atomic E-state index is 0.0812. The molecule has 0 aromatic rings. The van der Waals surface area contributed by atoms with Crippen molar-refractivity contribution in [3.05, 3.63) is 35.5 Å². The number of ether oxygens (including phenoxy) is 3. The topological polar surface area (TPSA) is 160 Å². The molecule has 0 amide bonds. The van der Waals surface area contributed by atoms with Crippen LogP contribution in [-0.4, -0.2) is 80.1 Å². The van der Waals surface area contributed by atoms with E-state index >= 15 is 0 Å². The van der Waals surface area contributed by atoms with Crippen LogP contribution >= 0.6 is 0 Å². The van der Waals surface area contributed by atoms with Crippen molar-refractivity contribution in [1.29, 1.82) is 0 Å². The molecule has 0 spiro atoms. The van der Waals surface area contributed by atoms with Gasteiger partial charge in [-0.25, -0.2) is 9.59 Å². The molecule has 0 bridgehead atoms. The number of carbonyl (C=O) groups is 3. The fourth-order valence-electron chi connectivity index (χ4n) is 3.98. The second kappa shape index (κ2) is 12.8. The molecular weight excluding hydrogens is 484 g/mol. The molecule has 4 N–H and O–H groups in total. The maximum Gasteiger partial charge on any atom is 0.333 e. The second-order valence-electron chi connectivity index (χ2n) is 10.3. The highest BCUT2D eigenvalue weighted by molar-refractivity contribution is 5.88. The average Bonchev–Trinajstić information content (AvgIpc) is 2.80. The highest BCUT2D eigenvalue weighted by atomic mass is 16.6. The van der Waals surface area contributed by atoms with E-state index in [1.807, 2.05) is 0 Å². The van der Waals surface area contributed by atoms with E-state index in [-0.39, 0.29) is 24.0 Å². The molecule has 0 heterocycles. The first kappa shape index (κ1) is 32.5. The Kier molecular flexibility index (Phi) is 11.3. The number of esters is 3. The predicted molar refractivity (Wildman–Crippen MR) is 135 cm³/mol. The van der Waals surface area contributed by atoms with Gasteiger partial charge in [-0.1, -0.05) is 18.7 Å². The van der Waals surface area contributed by atoms with Crippen molar-refractivity contribution in [1.82, 2.24) is 0 Å². The lowest BCUT2D eigenvalue weighted by Gasteiger charge is -2.48. The van der Waals surface area contributed by atoms with Gasteiger partial charge in [0.1, 0.15) is 17.8 Å². The third kappa shape index (κ3) is 8.23. The lowest BCUT2D eigenvalue weighted by Crippen LogP contribution is -2.64. The zero-order chi connectivity index (χ0) is 28.9. The van der Waals surface area contributed by atoms with Crippen LogP contribution in [0.3, 0.4) is 0 Å². The first-order valence-electron chi connectivity index (χ1n) is 12.2. The highest BCUT2D eigenvalue weighted by Crippen LogP contribution is 2.41. The Bertz CT molecular complexity index is 924.